The Labute approximate surface area is 181 Å². The molecule has 2 saturated carbocycles. The second-order valence-corrected chi connectivity index (χ2v) is 9.54. The van der Waals surface area contributed by atoms with Gasteiger partial charge in [-0.3, -0.25) is 14.5 Å². The summed E-state index contributed by atoms with van der Waals surface area (Å²) in [6.45, 7) is 5.84. The van der Waals surface area contributed by atoms with E-state index in [1.54, 1.807) is 0 Å². The Morgan fingerprint density at radius 3 is 2.33 bits per heavy atom. The molecule has 2 amide bonds. The number of piperazine rings is 1. The summed E-state index contributed by atoms with van der Waals surface area (Å²) < 4.78 is 0. The van der Waals surface area contributed by atoms with Gasteiger partial charge in [0.1, 0.15) is 0 Å². The third-order valence-electron chi connectivity index (χ3n) is 7.39. The first-order valence-electron chi connectivity index (χ1n) is 12.0. The van der Waals surface area contributed by atoms with Crippen molar-refractivity contribution in [3.8, 4) is 0 Å². The Hall–Kier alpha value is -1.88. The van der Waals surface area contributed by atoms with Crippen LogP contribution in [-0.2, 0) is 16.1 Å². The van der Waals surface area contributed by atoms with E-state index in [1.165, 1.54) is 31.2 Å². The van der Waals surface area contributed by atoms with Crippen molar-refractivity contribution in [3.05, 3.63) is 35.4 Å². The summed E-state index contributed by atoms with van der Waals surface area (Å²) >= 11 is 0. The molecule has 5 nitrogen and oxygen atoms in total. The van der Waals surface area contributed by atoms with E-state index >= 15 is 0 Å². The van der Waals surface area contributed by atoms with Gasteiger partial charge in [0, 0.05) is 38.6 Å². The fourth-order valence-corrected chi connectivity index (χ4v) is 5.72. The van der Waals surface area contributed by atoms with Crippen LogP contribution in [0.4, 0.5) is 0 Å². The molecule has 0 radical (unpaired) electrons. The van der Waals surface area contributed by atoms with E-state index < -0.39 is 0 Å². The number of nitrogens with zero attached hydrogens (tertiary/aromatic N) is 2. The zero-order valence-electron chi connectivity index (χ0n) is 18.4. The summed E-state index contributed by atoms with van der Waals surface area (Å²) in [7, 11) is 0. The first kappa shape index (κ1) is 21.4. The van der Waals surface area contributed by atoms with Crippen molar-refractivity contribution in [2.24, 2.45) is 11.8 Å². The molecule has 1 aromatic rings. The zero-order valence-corrected chi connectivity index (χ0v) is 18.4. The van der Waals surface area contributed by atoms with Crippen molar-refractivity contribution in [1.82, 2.24) is 15.1 Å². The fourth-order valence-electron chi connectivity index (χ4n) is 5.72. The molecule has 0 bridgehead atoms. The Morgan fingerprint density at radius 2 is 1.67 bits per heavy atom. The molecule has 1 aromatic carbocycles. The summed E-state index contributed by atoms with van der Waals surface area (Å²) in [5.41, 5.74) is 2.37. The maximum Gasteiger partial charge on any atom is 0.237 e. The van der Waals surface area contributed by atoms with E-state index in [1.807, 2.05) is 6.07 Å². The Kier molecular flexibility index (Phi) is 7.08. The molecule has 3 aliphatic rings. The number of hydrogen-bond donors (Lipinski definition) is 1. The maximum atomic E-state index is 13.3. The van der Waals surface area contributed by atoms with E-state index in [2.05, 4.69) is 40.2 Å². The molecular formula is C25H37N3O2. The van der Waals surface area contributed by atoms with E-state index in [0.29, 0.717) is 18.4 Å². The summed E-state index contributed by atoms with van der Waals surface area (Å²) in [6, 6.07) is 8.29. The Balaban J connectivity index is 1.36. The quantitative estimate of drug-likeness (QED) is 0.779. The number of aryl methyl sites for hydroxylation is 1. The van der Waals surface area contributed by atoms with Crippen molar-refractivity contribution in [1.29, 1.82) is 0 Å². The van der Waals surface area contributed by atoms with Crippen LogP contribution in [0.1, 0.15) is 62.5 Å². The molecule has 1 N–H and O–H groups in total. The standard InChI is InChI=1S/C25H37N3O2/c1-19-7-6-8-20(17-19)18-26-24(29)23(21-9-2-3-10-21)27-13-15-28(16-14-27)25(30)22-11-4-5-12-22/h6-8,17,21-23H,2-5,9-16,18H2,1H3,(H,26,29). The van der Waals surface area contributed by atoms with Gasteiger partial charge in [0.15, 0.2) is 0 Å². The summed E-state index contributed by atoms with van der Waals surface area (Å²) in [5, 5.41) is 3.22. The summed E-state index contributed by atoms with van der Waals surface area (Å²) in [6.07, 6.45) is 9.26. The molecule has 3 fully saturated rings. The van der Waals surface area contributed by atoms with Gasteiger partial charge in [0.05, 0.1) is 6.04 Å². The maximum absolute atomic E-state index is 13.3. The minimum atomic E-state index is -0.0546. The lowest BCUT2D eigenvalue weighted by atomic mass is 9.94. The SMILES string of the molecule is Cc1cccc(CNC(=O)C(C2CCCC2)N2CCN(C(=O)C3CCCC3)CC2)c1. The predicted molar refractivity (Wildman–Crippen MR) is 119 cm³/mol. The number of rotatable bonds is 6. The lowest BCUT2D eigenvalue weighted by molar-refractivity contribution is -0.138. The first-order chi connectivity index (χ1) is 14.6. The smallest absolute Gasteiger partial charge is 0.237 e. The predicted octanol–water partition coefficient (Wildman–Crippen LogP) is 3.50. The van der Waals surface area contributed by atoms with Crippen molar-refractivity contribution >= 4 is 11.8 Å². The Morgan fingerprint density at radius 1 is 1.00 bits per heavy atom. The van der Waals surface area contributed by atoms with Crippen molar-refractivity contribution in [2.45, 2.75) is 70.9 Å². The van der Waals surface area contributed by atoms with Gasteiger partial charge in [-0.1, -0.05) is 55.5 Å². The lowest BCUT2D eigenvalue weighted by Crippen LogP contribution is -2.58. The van der Waals surface area contributed by atoms with E-state index in [4.69, 9.17) is 0 Å². The number of hydrogen-bond acceptors (Lipinski definition) is 3. The highest BCUT2D eigenvalue weighted by Gasteiger charge is 2.38. The minimum Gasteiger partial charge on any atom is -0.351 e. The van der Waals surface area contributed by atoms with Crippen LogP contribution in [0.15, 0.2) is 24.3 Å². The number of amides is 2. The van der Waals surface area contributed by atoms with Crippen LogP contribution in [0.3, 0.4) is 0 Å². The summed E-state index contributed by atoms with van der Waals surface area (Å²) in [4.78, 5) is 30.5. The normalized spacial score (nSPS) is 22.4. The average molecular weight is 412 g/mol. The molecule has 1 aliphatic heterocycles. The second-order valence-electron chi connectivity index (χ2n) is 9.54. The molecule has 30 heavy (non-hydrogen) atoms. The van der Waals surface area contributed by atoms with Crippen LogP contribution in [0.25, 0.3) is 0 Å². The highest BCUT2D eigenvalue weighted by atomic mass is 16.2. The molecule has 1 atom stereocenters. The third-order valence-corrected chi connectivity index (χ3v) is 7.39. The van der Waals surface area contributed by atoms with Crippen molar-refractivity contribution in [2.75, 3.05) is 26.2 Å². The van der Waals surface area contributed by atoms with Crippen molar-refractivity contribution < 1.29 is 9.59 Å². The average Bonchev–Trinajstić information content (AvgIpc) is 3.47. The van der Waals surface area contributed by atoms with Crippen LogP contribution >= 0.6 is 0 Å². The molecule has 4 rings (SSSR count). The number of carbonyl (C=O) groups excluding carboxylic acids is 2. The molecule has 0 aromatic heterocycles. The lowest BCUT2D eigenvalue weighted by Gasteiger charge is -2.41. The molecule has 2 aliphatic carbocycles. The number of nitrogens with one attached hydrogen (secondary N) is 1. The van der Waals surface area contributed by atoms with Gasteiger partial charge in [-0.2, -0.15) is 0 Å². The number of benzene rings is 1. The van der Waals surface area contributed by atoms with Gasteiger partial charge in [0.2, 0.25) is 11.8 Å². The van der Waals surface area contributed by atoms with Gasteiger partial charge in [-0.15, -0.1) is 0 Å². The first-order valence-corrected chi connectivity index (χ1v) is 12.0. The molecular weight excluding hydrogens is 374 g/mol. The molecule has 1 unspecified atom stereocenters. The highest BCUT2D eigenvalue weighted by Crippen LogP contribution is 2.32. The van der Waals surface area contributed by atoms with Crippen LogP contribution in [0, 0.1) is 18.8 Å². The monoisotopic (exact) mass is 411 g/mol. The molecule has 0 spiro atoms. The largest absolute Gasteiger partial charge is 0.351 e. The Bertz CT molecular complexity index is 730. The third kappa shape index (κ3) is 5.05. The van der Waals surface area contributed by atoms with Crippen LogP contribution in [0.5, 0.6) is 0 Å². The second kappa shape index (κ2) is 9.95. The van der Waals surface area contributed by atoms with Gasteiger partial charge in [0.25, 0.3) is 0 Å². The van der Waals surface area contributed by atoms with Gasteiger partial charge in [-0.05, 0) is 44.1 Å². The van der Waals surface area contributed by atoms with Gasteiger partial charge < -0.3 is 10.2 Å². The van der Waals surface area contributed by atoms with Crippen molar-refractivity contribution in [3.63, 3.8) is 0 Å². The number of carbonyl (C=O) groups is 2. The molecule has 1 heterocycles. The van der Waals surface area contributed by atoms with E-state index in [0.717, 1.165) is 57.4 Å². The van der Waals surface area contributed by atoms with Gasteiger partial charge >= 0.3 is 0 Å². The van der Waals surface area contributed by atoms with Crippen LogP contribution < -0.4 is 5.32 Å². The highest BCUT2D eigenvalue weighted by molar-refractivity contribution is 5.82. The van der Waals surface area contributed by atoms with E-state index in [-0.39, 0.29) is 17.9 Å². The zero-order chi connectivity index (χ0) is 20.9. The minimum absolute atomic E-state index is 0.0546. The van der Waals surface area contributed by atoms with Crippen LogP contribution in [0.2, 0.25) is 0 Å². The molecule has 5 heteroatoms. The van der Waals surface area contributed by atoms with Gasteiger partial charge in [-0.25, -0.2) is 0 Å². The topological polar surface area (TPSA) is 52.7 Å². The van der Waals surface area contributed by atoms with E-state index in [9.17, 15) is 9.59 Å². The summed E-state index contributed by atoms with van der Waals surface area (Å²) in [5.74, 6) is 1.21. The fraction of sp³-hybridized carbons (Fsp3) is 0.680. The molecule has 164 valence electrons. The van der Waals surface area contributed by atoms with Crippen LogP contribution in [-0.4, -0.2) is 53.8 Å². The molecule has 1 saturated heterocycles.